The van der Waals surface area contributed by atoms with E-state index in [2.05, 4.69) is 85.4 Å². The maximum Gasteiger partial charge on any atom is 0.228 e. The summed E-state index contributed by atoms with van der Waals surface area (Å²) in [6.07, 6.45) is 4.38. The summed E-state index contributed by atoms with van der Waals surface area (Å²) in [5.41, 5.74) is 5.17. The Bertz CT molecular complexity index is 1590. The quantitative estimate of drug-likeness (QED) is 0.207. The first-order valence-electron chi connectivity index (χ1n) is 11.9. The third-order valence-electron chi connectivity index (χ3n) is 7.65. The van der Waals surface area contributed by atoms with Crippen LogP contribution in [0.1, 0.15) is 29.9 Å². The summed E-state index contributed by atoms with van der Waals surface area (Å²) in [6.45, 7) is 3.92. The first-order chi connectivity index (χ1) is 16.2. The maximum atomic E-state index is 6.65. The van der Waals surface area contributed by atoms with Gasteiger partial charge in [-0.2, -0.15) is 0 Å². The third kappa shape index (κ3) is 2.69. The van der Waals surface area contributed by atoms with Crippen molar-refractivity contribution >= 4 is 32.3 Å². The largest absolute Gasteiger partial charge is 0.456 e. The molecule has 0 saturated carbocycles. The van der Waals surface area contributed by atoms with E-state index in [4.69, 9.17) is 9.47 Å². The second kappa shape index (κ2) is 7.03. The van der Waals surface area contributed by atoms with Crippen LogP contribution in [-0.2, 0) is 11.8 Å². The lowest BCUT2D eigenvalue weighted by molar-refractivity contribution is -0.659. The van der Waals surface area contributed by atoms with Crippen molar-refractivity contribution in [3.8, 4) is 22.8 Å². The Kier molecular flexibility index (Phi) is 4.07. The minimum atomic E-state index is 0.538. The van der Waals surface area contributed by atoms with Gasteiger partial charge in [0.2, 0.25) is 5.69 Å². The minimum Gasteiger partial charge on any atom is -0.456 e. The highest BCUT2D eigenvalue weighted by Gasteiger charge is 2.32. The number of hydrogen-bond donors (Lipinski definition) is 0. The fourth-order valence-electron chi connectivity index (χ4n) is 6.06. The first kappa shape index (κ1) is 19.1. The molecule has 3 nitrogen and oxygen atoms in total. The number of pyridine rings is 1. The zero-order chi connectivity index (χ0) is 22.1. The van der Waals surface area contributed by atoms with Crippen LogP contribution in [0.15, 0.2) is 66.9 Å². The van der Waals surface area contributed by atoms with Crippen LogP contribution in [0, 0.1) is 6.92 Å². The van der Waals surface area contributed by atoms with Crippen molar-refractivity contribution in [2.75, 3.05) is 13.2 Å². The zero-order valence-corrected chi connectivity index (χ0v) is 19.0. The van der Waals surface area contributed by atoms with Crippen molar-refractivity contribution in [3.63, 3.8) is 0 Å². The number of aryl methyl sites for hydroxylation is 2. The molecule has 4 aromatic carbocycles. The van der Waals surface area contributed by atoms with E-state index in [9.17, 15) is 0 Å². The molecule has 0 radical (unpaired) electrons. The highest BCUT2D eigenvalue weighted by Crippen LogP contribution is 2.50. The predicted molar refractivity (Wildman–Crippen MR) is 133 cm³/mol. The van der Waals surface area contributed by atoms with Gasteiger partial charge >= 0.3 is 0 Å². The molecule has 1 saturated heterocycles. The molecule has 0 spiro atoms. The molecule has 33 heavy (non-hydrogen) atoms. The minimum absolute atomic E-state index is 0.538. The van der Waals surface area contributed by atoms with E-state index >= 15 is 0 Å². The number of nitrogens with zero attached hydrogens (tertiary/aromatic N) is 1. The van der Waals surface area contributed by atoms with Gasteiger partial charge in [0, 0.05) is 24.7 Å². The van der Waals surface area contributed by atoms with Gasteiger partial charge in [0.25, 0.3) is 0 Å². The Labute approximate surface area is 193 Å². The average Bonchev–Trinajstić information content (AvgIpc) is 2.85. The third-order valence-corrected chi connectivity index (χ3v) is 7.65. The van der Waals surface area contributed by atoms with E-state index in [1.807, 2.05) is 0 Å². The van der Waals surface area contributed by atoms with Crippen LogP contribution in [0.4, 0.5) is 0 Å². The van der Waals surface area contributed by atoms with Crippen LogP contribution in [-0.4, -0.2) is 13.2 Å². The second-order valence-corrected chi connectivity index (χ2v) is 9.47. The lowest BCUT2D eigenvalue weighted by Crippen LogP contribution is -2.31. The summed E-state index contributed by atoms with van der Waals surface area (Å²) in [5, 5.41) is 7.63. The van der Waals surface area contributed by atoms with Crippen LogP contribution < -0.4 is 9.30 Å². The lowest BCUT2D eigenvalue weighted by atomic mass is 9.84. The summed E-state index contributed by atoms with van der Waals surface area (Å²) in [4.78, 5) is 0. The summed E-state index contributed by atoms with van der Waals surface area (Å²) in [7, 11) is 2.15. The van der Waals surface area contributed by atoms with E-state index in [1.54, 1.807) is 0 Å². The Morgan fingerprint density at radius 1 is 0.818 bits per heavy atom. The van der Waals surface area contributed by atoms with Crippen LogP contribution in [0.2, 0.25) is 0 Å². The standard InChI is InChI=1S/C30H26NO2/c1-18-22-8-4-3-6-20(22)16-25-27(18)30-29-24(10-13-31(30)2)28-21(17-26(29)33-25)7-5-9-23(28)19-11-14-32-15-12-19/h3-10,13,16-17,19H,11-12,14-15H2,1-2H3/q+1. The molecule has 0 atom stereocenters. The van der Waals surface area contributed by atoms with Gasteiger partial charge < -0.3 is 9.47 Å². The lowest BCUT2D eigenvalue weighted by Gasteiger charge is -2.26. The predicted octanol–water partition coefficient (Wildman–Crippen LogP) is 6.95. The van der Waals surface area contributed by atoms with E-state index in [0.29, 0.717) is 5.92 Å². The van der Waals surface area contributed by atoms with Gasteiger partial charge in [-0.15, -0.1) is 0 Å². The molecule has 3 heterocycles. The Morgan fingerprint density at radius 2 is 1.61 bits per heavy atom. The van der Waals surface area contributed by atoms with Crippen molar-refractivity contribution < 1.29 is 14.0 Å². The van der Waals surface area contributed by atoms with E-state index in [0.717, 1.165) is 37.6 Å². The first-order valence-corrected chi connectivity index (χ1v) is 11.9. The Balaban J connectivity index is 1.60. The normalized spacial score (nSPS) is 15.7. The number of aromatic nitrogens is 1. The fourth-order valence-corrected chi connectivity index (χ4v) is 6.06. The molecule has 0 aliphatic carbocycles. The fraction of sp³-hybridized carbons (Fsp3) is 0.233. The van der Waals surface area contributed by atoms with Crippen molar-refractivity contribution in [2.24, 2.45) is 7.05 Å². The molecule has 7 rings (SSSR count). The number of hydrogen-bond acceptors (Lipinski definition) is 2. The second-order valence-electron chi connectivity index (χ2n) is 9.47. The van der Waals surface area contributed by atoms with Crippen LogP contribution in [0.3, 0.4) is 0 Å². The SMILES string of the molecule is Cc1c2c(cc3ccccc13)Oc1cc3cccc(C4CCOCC4)c3c3cc[n+](C)c-2c13. The topological polar surface area (TPSA) is 22.3 Å². The van der Waals surface area contributed by atoms with Gasteiger partial charge in [-0.1, -0.05) is 42.5 Å². The van der Waals surface area contributed by atoms with Gasteiger partial charge in [-0.05, 0) is 70.5 Å². The van der Waals surface area contributed by atoms with Crippen molar-refractivity contribution in [2.45, 2.75) is 25.7 Å². The van der Waals surface area contributed by atoms with Gasteiger partial charge in [0.1, 0.15) is 18.5 Å². The van der Waals surface area contributed by atoms with Gasteiger partial charge in [-0.25, -0.2) is 4.57 Å². The number of rotatable bonds is 1. The number of fused-ring (bicyclic) bond motifs is 5. The van der Waals surface area contributed by atoms with Crippen molar-refractivity contribution in [1.82, 2.24) is 0 Å². The molecule has 0 bridgehead atoms. The summed E-state index contributed by atoms with van der Waals surface area (Å²) in [5.74, 6) is 2.44. The molecule has 2 aliphatic rings. The van der Waals surface area contributed by atoms with E-state index in [-0.39, 0.29) is 0 Å². The molecule has 1 fully saturated rings. The van der Waals surface area contributed by atoms with Gasteiger partial charge in [-0.3, -0.25) is 0 Å². The molecule has 5 aromatic rings. The molecule has 2 aliphatic heterocycles. The highest BCUT2D eigenvalue weighted by molar-refractivity contribution is 6.17. The molecule has 0 amide bonds. The highest BCUT2D eigenvalue weighted by atomic mass is 16.5. The molecular weight excluding hydrogens is 406 g/mol. The van der Waals surface area contributed by atoms with E-state index in [1.165, 1.54) is 54.7 Å². The number of benzene rings is 4. The van der Waals surface area contributed by atoms with Crippen LogP contribution in [0.25, 0.3) is 43.6 Å². The monoisotopic (exact) mass is 432 g/mol. The summed E-state index contributed by atoms with van der Waals surface area (Å²) < 4.78 is 14.6. The molecule has 0 N–H and O–H groups in total. The Morgan fingerprint density at radius 3 is 2.48 bits per heavy atom. The maximum absolute atomic E-state index is 6.65. The Hall–Kier alpha value is -3.43. The molecular formula is C30H26NO2+. The van der Waals surface area contributed by atoms with E-state index < -0.39 is 0 Å². The number of ether oxygens (including phenoxy) is 2. The zero-order valence-electron chi connectivity index (χ0n) is 19.0. The van der Waals surface area contributed by atoms with Crippen molar-refractivity contribution in [1.29, 1.82) is 0 Å². The molecule has 3 heteroatoms. The molecule has 162 valence electrons. The smallest absolute Gasteiger partial charge is 0.228 e. The average molecular weight is 433 g/mol. The van der Waals surface area contributed by atoms with Crippen LogP contribution in [0.5, 0.6) is 11.5 Å². The molecule has 1 aromatic heterocycles. The van der Waals surface area contributed by atoms with Gasteiger partial charge in [0.15, 0.2) is 6.20 Å². The van der Waals surface area contributed by atoms with Crippen LogP contribution >= 0.6 is 0 Å². The van der Waals surface area contributed by atoms with Crippen molar-refractivity contribution in [3.05, 3.63) is 78.0 Å². The summed E-state index contributed by atoms with van der Waals surface area (Å²) >= 11 is 0. The molecule has 0 unspecified atom stereocenters. The summed E-state index contributed by atoms with van der Waals surface area (Å²) in [6, 6.07) is 22.1. The van der Waals surface area contributed by atoms with Gasteiger partial charge in [0.05, 0.1) is 10.9 Å².